The van der Waals surface area contributed by atoms with Crippen LogP contribution in [0, 0.1) is 0 Å². The van der Waals surface area contributed by atoms with E-state index in [0.29, 0.717) is 0 Å². The lowest BCUT2D eigenvalue weighted by Crippen LogP contribution is -2.25. The van der Waals surface area contributed by atoms with E-state index in [0.717, 1.165) is 26.1 Å². The zero-order valence-electron chi connectivity index (χ0n) is 13.5. The molecule has 114 valence electrons. The van der Waals surface area contributed by atoms with Crippen LogP contribution in [0.3, 0.4) is 0 Å². The molecule has 1 aromatic heterocycles. The highest BCUT2D eigenvalue weighted by atomic mass is 15.1. The molecular weight excluding hydrogens is 268 g/mol. The highest BCUT2D eigenvalue weighted by Gasteiger charge is 2.13. The third-order valence-corrected chi connectivity index (χ3v) is 4.45. The minimum absolute atomic E-state index is 1.08. The molecule has 0 aliphatic heterocycles. The van der Waals surface area contributed by atoms with Crippen LogP contribution in [-0.2, 0) is 6.42 Å². The van der Waals surface area contributed by atoms with Crippen LogP contribution in [0.25, 0.3) is 22.2 Å². The van der Waals surface area contributed by atoms with Gasteiger partial charge in [0.15, 0.2) is 0 Å². The Morgan fingerprint density at radius 3 is 2.27 bits per heavy atom. The number of likely N-dealkylation sites (N-methyl/N-ethyl adjacent to an activating group) is 1. The van der Waals surface area contributed by atoms with Crippen molar-refractivity contribution in [2.75, 3.05) is 19.6 Å². The molecule has 2 nitrogen and oxygen atoms in total. The lowest BCUT2D eigenvalue weighted by molar-refractivity contribution is 0.308. The predicted molar refractivity (Wildman–Crippen MR) is 95.2 cm³/mol. The van der Waals surface area contributed by atoms with Crippen LogP contribution >= 0.6 is 0 Å². The molecule has 1 heterocycles. The van der Waals surface area contributed by atoms with Gasteiger partial charge in [0.25, 0.3) is 0 Å². The molecule has 0 fully saturated rings. The number of aromatic nitrogens is 1. The molecule has 3 aromatic rings. The molecule has 0 amide bonds. The van der Waals surface area contributed by atoms with Crippen molar-refractivity contribution in [2.24, 2.45) is 0 Å². The van der Waals surface area contributed by atoms with E-state index in [4.69, 9.17) is 0 Å². The largest absolute Gasteiger partial charge is 0.354 e. The number of nitrogens with one attached hydrogen (secondary N) is 1. The first-order valence-corrected chi connectivity index (χ1v) is 8.20. The van der Waals surface area contributed by atoms with E-state index in [1.165, 1.54) is 27.7 Å². The molecule has 0 saturated heterocycles. The normalized spacial score (nSPS) is 11.4. The molecule has 0 saturated carbocycles. The fraction of sp³-hybridized carbons (Fsp3) is 0.300. The number of para-hydroxylation sites is 1. The van der Waals surface area contributed by atoms with E-state index >= 15 is 0 Å². The van der Waals surface area contributed by atoms with Crippen LogP contribution in [0.2, 0.25) is 0 Å². The molecule has 0 atom stereocenters. The third-order valence-electron chi connectivity index (χ3n) is 4.45. The average molecular weight is 292 g/mol. The Morgan fingerprint density at radius 2 is 1.55 bits per heavy atom. The van der Waals surface area contributed by atoms with E-state index in [2.05, 4.69) is 78.3 Å². The number of hydrogen-bond acceptors (Lipinski definition) is 1. The van der Waals surface area contributed by atoms with Gasteiger partial charge in [-0.1, -0.05) is 62.4 Å². The number of aromatic amines is 1. The highest BCUT2D eigenvalue weighted by Crippen LogP contribution is 2.30. The Morgan fingerprint density at radius 1 is 0.864 bits per heavy atom. The van der Waals surface area contributed by atoms with Crippen molar-refractivity contribution >= 4 is 10.9 Å². The van der Waals surface area contributed by atoms with Gasteiger partial charge in [0, 0.05) is 23.1 Å². The summed E-state index contributed by atoms with van der Waals surface area (Å²) in [7, 11) is 0. The molecule has 0 bridgehead atoms. The van der Waals surface area contributed by atoms with Crippen LogP contribution in [0.5, 0.6) is 0 Å². The molecule has 2 aromatic carbocycles. The van der Waals surface area contributed by atoms with Crippen molar-refractivity contribution in [3.63, 3.8) is 0 Å². The van der Waals surface area contributed by atoms with Gasteiger partial charge < -0.3 is 9.88 Å². The summed E-state index contributed by atoms with van der Waals surface area (Å²) in [6, 6.07) is 19.3. The molecule has 0 aliphatic rings. The first-order chi connectivity index (χ1) is 10.8. The number of nitrogens with zero attached hydrogens (tertiary/aromatic N) is 1. The van der Waals surface area contributed by atoms with Gasteiger partial charge in [-0.2, -0.15) is 0 Å². The molecule has 2 heteroatoms. The van der Waals surface area contributed by atoms with Crippen LogP contribution in [0.1, 0.15) is 19.4 Å². The molecule has 0 unspecified atom stereocenters. The minimum Gasteiger partial charge on any atom is -0.354 e. The molecule has 1 N–H and O–H groups in total. The number of fused-ring (bicyclic) bond motifs is 1. The Bertz CT molecular complexity index is 724. The van der Waals surface area contributed by atoms with Crippen LogP contribution in [0.4, 0.5) is 0 Å². The fourth-order valence-corrected chi connectivity index (χ4v) is 3.12. The van der Waals surface area contributed by atoms with E-state index in [1.54, 1.807) is 0 Å². The topological polar surface area (TPSA) is 19.0 Å². The second kappa shape index (κ2) is 6.80. The van der Waals surface area contributed by atoms with Crippen molar-refractivity contribution in [3.05, 3.63) is 60.2 Å². The van der Waals surface area contributed by atoms with Crippen LogP contribution in [-0.4, -0.2) is 29.5 Å². The summed E-state index contributed by atoms with van der Waals surface area (Å²) < 4.78 is 0. The summed E-state index contributed by atoms with van der Waals surface area (Å²) in [5.41, 5.74) is 5.21. The summed E-state index contributed by atoms with van der Waals surface area (Å²) in [6.45, 7) is 7.79. The predicted octanol–water partition coefficient (Wildman–Crippen LogP) is 4.72. The number of hydrogen-bond donors (Lipinski definition) is 1. The van der Waals surface area contributed by atoms with Crippen LogP contribution < -0.4 is 0 Å². The second-order valence-electron chi connectivity index (χ2n) is 5.67. The van der Waals surface area contributed by atoms with Gasteiger partial charge in [0.05, 0.1) is 0 Å². The van der Waals surface area contributed by atoms with Gasteiger partial charge in [-0.25, -0.2) is 0 Å². The van der Waals surface area contributed by atoms with Gasteiger partial charge in [-0.15, -0.1) is 0 Å². The molecule has 0 aliphatic carbocycles. The van der Waals surface area contributed by atoms with E-state index in [-0.39, 0.29) is 0 Å². The SMILES string of the molecule is CCN(CC)CCc1c(-c2ccccc2)[nH]c2ccccc12. The molecule has 0 radical (unpaired) electrons. The summed E-state index contributed by atoms with van der Waals surface area (Å²) in [5.74, 6) is 0. The van der Waals surface area contributed by atoms with Crippen molar-refractivity contribution < 1.29 is 0 Å². The molecular formula is C20H24N2. The van der Waals surface area contributed by atoms with Crippen molar-refractivity contribution in [1.29, 1.82) is 0 Å². The monoisotopic (exact) mass is 292 g/mol. The zero-order valence-corrected chi connectivity index (χ0v) is 13.5. The first kappa shape index (κ1) is 14.9. The molecule has 3 rings (SSSR count). The first-order valence-electron chi connectivity index (χ1n) is 8.20. The standard InChI is InChI=1S/C20H24N2/c1-3-22(4-2)15-14-18-17-12-8-9-13-19(17)21-20(18)16-10-6-5-7-11-16/h5-13,21H,3-4,14-15H2,1-2H3. The Balaban J connectivity index is 2.02. The highest BCUT2D eigenvalue weighted by molar-refractivity contribution is 5.90. The van der Waals surface area contributed by atoms with E-state index in [9.17, 15) is 0 Å². The summed E-state index contributed by atoms with van der Waals surface area (Å²) >= 11 is 0. The van der Waals surface area contributed by atoms with Gasteiger partial charge >= 0.3 is 0 Å². The van der Waals surface area contributed by atoms with Crippen molar-refractivity contribution in [3.8, 4) is 11.3 Å². The summed E-state index contributed by atoms with van der Waals surface area (Å²) in [6.07, 6.45) is 1.08. The Kier molecular flexibility index (Phi) is 4.59. The second-order valence-corrected chi connectivity index (χ2v) is 5.67. The Labute approximate surface area is 132 Å². The summed E-state index contributed by atoms with van der Waals surface area (Å²) in [4.78, 5) is 6.10. The van der Waals surface area contributed by atoms with Crippen molar-refractivity contribution in [1.82, 2.24) is 9.88 Å². The third kappa shape index (κ3) is 2.93. The van der Waals surface area contributed by atoms with Gasteiger partial charge in [0.1, 0.15) is 0 Å². The lowest BCUT2D eigenvalue weighted by Gasteiger charge is -2.18. The molecule has 22 heavy (non-hydrogen) atoms. The van der Waals surface area contributed by atoms with Gasteiger partial charge in [0.2, 0.25) is 0 Å². The minimum atomic E-state index is 1.08. The van der Waals surface area contributed by atoms with Gasteiger partial charge in [-0.3, -0.25) is 0 Å². The fourth-order valence-electron chi connectivity index (χ4n) is 3.12. The molecule has 0 spiro atoms. The maximum absolute atomic E-state index is 3.62. The summed E-state index contributed by atoms with van der Waals surface area (Å²) in [5, 5.41) is 1.36. The Hall–Kier alpha value is -2.06. The number of rotatable bonds is 6. The van der Waals surface area contributed by atoms with Gasteiger partial charge in [-0.05, 0) is 36.7 Å². The zero-order chi connectivity index (χ0) is 15.4. The van der Waals surface area contributed by atoms with Crippen LogP contribution in [0.15, 0.2) is 54.6 Å². The number of H-pyrrole nitrogens is 1. The van der Waals surface area contributed by atoms with Crippen molar-refractivity contribution in [2.45, 2.75) is 20.3 Å². The number of benzene rings is 2. The van der Waals surface area contributed by atoms with E-state index < -0.39 is 0 Å². The lowest BCUT2D eigenvalue weighted by atomic mass is 10.0. The van der Waals surface area contributed by atoms with E-state index in [1.807, 2.05) is 0 Å². The quantitative estimate of drug-likeness (QED) is 0.696. The maximum Gasteiger partial charge on any atom is 0.0497 e. The average Bonchev–Trinajstić information content (AvgIpc) is 2.95. The smallest absolute Gasteiger partial charge is 0.0497 e. The maximum atomic E-state index is 3.62.